The van der Waals surface area contributed by atoms with Crippen molar-refractivity contribution in [3.8, 4) is 11.5 Å². The first kappa shape index (κ1) is 17.9. The number of esters is 1. The molecule has 0 fully saturated rings. The maximum Gasteiger partial charge on any atom is 0.343 e. The Morgan fingerprint density at radius 3 is 2.50 bits per heavy atom. The molecule has 7 heteroatoms. The van der Waals surface area contributed by atoms with Gasteiger partial charge in [-0.3, -0.25) is 10.1 Å². The van der Waals surface area contributed by atoms with Gasteiger partial charge in [-0.2, -0.15) is 0 Å². The monoisotopic (exact) mass is 393 g/mol. The van der Waals surface area contributed by atoms with Crippen LogP contribution in [0.15, 0.2) is 46.9 Å². The highest BCUT2D eigenvalue weighted by Gasteiger charge is 2.13. The van der Waals surface area contributed by atoms with E-state index >= 15 is 0 Å². The van der Waals surface area contributed by atoms with Crippen LogP contribution < -0.4 is 9.47 Å². The minimum atomic E-state index is -0.551. The van der Waals surface area contributed by atoms with Gasteiger partial charge < -0.3 is 9.47 Å². The van der Waals surface area contributed by atoms with Gasteiger partial charge in [0.1, 0.15) is 11.5 Å². The number of nitro benzene ring substituents is 1. The number of halogens is 1. The molecule has 24 heavy (non-hydrogen) atoms. The Balaban J connectivity index is 2.04. The summed E-state index contributed by atoms with van der Waals surface area (Å²) < 4.78 is 11.5. The standard InChI is InChI=1S/C17H16BrNO5/c1-2-3-10-23-16-9-4-12(11-15(16)18)17(20)24-14-7-5-13(6-8-14)19(21)22/h4-9,11H,2-3,10H2,1H3. The molecule has 2 aromatic carbocycles. The smallest absolute Gasteiger partial charge is 0.343 e. The molecule has 0 aromatic heterocycles. The molecule has 0 spiro atoms. The molecule has 0 N–H and O–H groups in total. The zero-order valence-corrected chi connectivity index (χ0v) is 14.6. The van der Waals surface area contributed by atoms with Crippen LogP contribution in [0, 0.1) is 10.1 Å². The highest BCUT2D eigenvalue weighted by molar-refractivity contribution is 9.10. The van der Waals surface area contributed by atoms with Crippen LogP contribution in [-0.2, 0) is 0 Å². The van der Waals surface area contributed by atoms with Crippen molar-refractivity contribution in [2.75, 3.05) is 6.61 Å². The third-order valence-corrected chi connectivity index (χ3v) is 3.80. The Morgan fingerprint density at radius 2 is 1.92 bits per heavy atom. The van der Waals surface area contributed by atoms with Crippen LogP contribution in [0.5, 0.6) is 11.5 Å². The van der Waals surface area contributed by atoms with E-state index in [-0.39, 0.29) is 11.4 Å². The van der Waals surface area contributed by atoms with Gasteiger partial charge in [0.25, 0.3) is 5.69 Å². The lowest BCUT2D eigenvalue weighted by Gasteiger charge is -2.09. The zero-order chi connectivity index (χ0) is 17.5. The van der Waals surface area contributed by atoms with E-state index in [9.17, 15) is 14.9 Å². The molecule has 2 rings (SSSR count). The predicted octanol–water partition coefficient (Wildman–Crippen LogP) is 4.76. The summed E-state index contributed by atoms with van der Waals surface area (Å²) in [6.45, 7) is 2.69. The number of hydrogen-bond acceptors (Lipinski definition) is 5. The molecule has 0 aliphatic carbocycles. The van der Waals surface area contributed by atoms with Crippen molar-refractivity contribution in [1.29, 1.82) is 0 Å². The van der Waals surface area contributed by atoms with Gasteiger partial charge in [0.05, 0.1) is 21.6 Å². The van der Waals surface area contributed by atoms with Crippen LogP contribution in [-0.4, -0.2) is 17.5 Å². The third-order valence-electron chi connectivity index (χ3n) is 3.18. The van der Waals surface area contributed by atoms with Gasteiger partial charge in [-0.05, 0) is 52.7 Å². The summed E-state index contributed by atoms with van der Waals surface area (Å²) in [4.78, 5) is 22.2. The Labute approximate surface area is 147 Å². The van der Waals surface area contributed by atoms with Crippen molar-refractivity contribution < 1.29 is 19.2 Å². The second-order valence-electron chi connectivity index (χ2n) is 4.99. The lowest BCUT2D eigenvalue weighted by atomic mass is 10.2. The maximum absolute atomic E-state index is 12.1. The van der Waals surface area contributed by atoms with Crippen LogP contribution in [0.25, 0.3) is 0 Å². The van der Waals surface area contributed by atoms with Gasteiger partial charge >= 0.3 is 5.97 Å². The number of non-ortho nitro benzene ring substituents is 1. The SMILES string of the molecule is CCCCOc1ccc(C(=O)Oc2ccc([N+](=O)[O-])cc2)cc1Br. The van der Waals surface area contributed by atoms with E-state index in [2.05, 4.69) is 22.9 Å². The lowest BCUT2D eigenvalue weighted by Crippen LogP contribution is -2.09. The fraction of sp³-hybridized carbons (Fsp3) is 0.235. The van der Waals surface area contributed by atoms with Gasteiger partial charge in [-0.1, -0.05) is 13.3 Å². The molecule has 0 saturated carbocycles. The third kappa shape index (κ3) is 4.79. The van der Waals surface area contributed by atoms with Crippen molar-refractivity contribution in [3.05, 3.63) is 62.6 Å². The number of carbonyl (C=O) groups is 1. The normalized spacial score (nSPS) is 10.2. The van der Waals surface area contributed by atoms with Crippen molar-refractivity contribution >= 4 is 27.6 Å². The van der Waals surface area contributed by atoms with E-state index in [0.717, 1.165) is 12.8 Å². The van der Waals surface area contributed by atoms with Gasteiger partial charge in [0, 0.05) is 12.1 Å². The van der Waals surface area contributed by atoms with Crippen LogP contribution >= 0.6 is 15.9 Å². The number of ether oxygens (including phenoxy) is 2. The average Bonchev–Trinajstić information content (AvgIpc) is 2.57. The number of hydrogen-bond donors (Lipinski definition) is 0. The van der Waals surface area contributed by atoms with Crippen LogP contribution in [0.1, 0.15) is 30.1 Å². The Morgan fingerprint density at radius 1 is 1.21 bits per heavy atom. The van der Waals surface area contributed by atoms with Crippen molar-refractivity contribution in [2.45, 2.75) is 19.8 Å². The molecule has 0 aliphatic heterocycles. The number of rotatable bonds is 7. The van der Waals surface area contributed by atoms with E-state index in [1.165, 1.54) is 24.3 Å². The van der Waals surface area contributed by atoms with E-state index < -0.39 is 10.9 Å². The number of nitro groups is 1. The summed E-state index contributed by atoms with van der Waals surface area (Å²) in [5, 5.41) is 10.6. The summed E-state index contributed by atoms with van der Waals surface area (Å²) in [5.41, 5.74) is 0.286. The largest absolute Gasteiger partial charge is 0.492 e. The number of carbonyl (C=O) groups excluding carboxylic acids is 1. The Hall–Kier alpha value is -2.41. The van der Waals surface area contributed by atoms with Crippen LogP contribution in [0.2, 0.25) is 0 Å². The van der Waals surface area contributed by atoms with Gasteiger partial charge in [-0.25, -0.2) is 4.79 Å². The van der Waals surface area contributed by atoms with E-state index in [1.54, 1.807) is 18.2 Å². The van der Waals surface area contributed by atoms with Crippen molar-refractivity contribution in [1.82, 2.24) is 0 Å². The van der Waals surface area contributed by atoms with E-state index in [1.807, 2.05) is 0 Å². The second-order valence-corrected chi connectivity index (χ2v) is 5.84. The van der Waals surface area contributed by atoms with Gasteiger partial charge in [0.2, 0.25) is 0 Å². The number of benzene rings is 2. The minimum absolute atomic E-state index is 0.0638. The van der Waals surface area contributed by atoms with Gasteiger partial charge in [-0.15, -0.1) is 0 Å². The predicted molar refractivity (Wildman–Crippen MR) is 92.6 cm³/mol. The molecule has 0 atom stereocenters. The fourth-order valence-corrected chi connectivity index (χ4v) is 2.37. The minimum Gasteiger partial charge on any atom is -0.492 e. The van der Waals surface area contributed by atoms with E-state index in [4.69, 9.17) is 9.47 Å². The molecule has 0 amide bonds. The molecule has 0 saturated heterocycles. The molecule has 2 aromatic rings. The highest BCUT2D eigenvalue weighted by atomic mass is 79.9. The summed E-state index contributed by atoms with van der Waals surface area (Å²) in [7, 11) is 0. The first-order chi connectivity index (χ1) is 11.5. The van der Waals surface area contributed by atoms with Crippen molar-refractivity contribution in [3.63, 3.8) is 0 Å². The summed E-state index contributed by atoms with van der Waals surface area (Å²) in [6.07, 6.45) is 1.99. The average molecular weight is 394 g/mol. The highest BCUT2D eigenvalue weighted by Crippen LogP contribution is 2.27. The molecule has 0 unspecified atom stereocenters. The number of unbranched alkanes of at least 4 members (excludes halogenated alkanes) is 1. The van der Waals surface area contributed by atoms with E-state index in [0.29, 0.717) is 22.4 Å². The zero-order valence-electron chi connectivity index (χ0n) is 13.0. The Bertz CT molecular complexity index is 730. The van der Waals surface area contributed by atoms with Crippen LogP contribution in [0.3, 0.4) is 0 Å². The molecule has 6 nitrogen and oxygen atoms in total. The summed E-state index contributed by atoms with van der Waals surface area (Å²) in [5.74, 6) is 0.352. The first-order valence-corrected chi connectivity index (χ1v) is 8.19. The molecule has 0 radical (unpaired) electrons. The van der Waals surface area contributed by atoms with Crippen LogP contribution in [0.4, 0.5) is 5.69 Å². The summed E-state index contributed by atoms with van der Waals surface area (Å²) >= 11 is 3.37. The first-order valence-electron chi connectivity index (χ1n) is 7.40. The molecular weight excluding hydrogens is 378 g/mol. The molecule has 0 aliphatic rings. The second kappa shape index (κ2) is 8.44. The lowest BCUT2D eigenvalue weighted by molar-refractivity contribution is -0.384. The van der Waals surface area contributed by atoms with Gasteiger partial charge in [0.15, 0.2) is 0 Å². The molecule has 126 valence electrons. The topological polar surface area (TPSA) is 78.7 Å². The molecule has 0 heterocycles. The maximum atomic E-state index is 12.1. The molecule has 0 bridgehead atoms. The molecular formula is C17H16BrNO5. The fourth-order valence-electron chi connectivity index (χ4n) is 1.87. The van der Waals surface area contributed by atoms with Crippen molar-refractivity contribution in [2.24, 2.45) is 0 Å². The summed E-state index contributed by atoms with van der Waals surface area (Å²) in [6, 6.07) is 10.3. The quantitative estimate of drug-likeness (QED) is 0.223. The Kier molecular flexibility index (Phi) is 6.31. The number of nitrogens with zero attached hydrogens (tertiary/aromatic N) is 1.